The molecule has 3 rings (SSSR count). The average molecular weight is 484 g/mol. The van der Waals surface area contributed by atoms with Crippen LogP contribution < -0.4 is 16.6 Å². The number of halogens is 1. The van der Waals surface area contributed by atoms with Crippen molar-refractivity contribution in [3.63, 3.8) is 0 Å². The molecule has 0 saturated carbocycles. The molecule has 1 aromatic heterocycles. The number of hydrogen-bond acceptors (Lipinski definition) is 8. The molecule has 0 aliphatic carbocycles. The van der Waals surface area contributed by atoms with E-state index < -0.39 is 11.5 Å². The number of piperidine rings is 2. The summed E-state index contributed by atoms with van der Waals surface area (Å²) in [5.41, 5.74) is 4.81. The zero-order valence-corrected chi connectivity index (χ0v) is 19.5. The lowest BCUT2D eigenvalue weighted by molar-refractivity contribution is -0.149. The third kappa shape index (κ3) is 6.04. The van der Waals surface area contributed by atoms with Crippen molar-refractivity contribution in [2.75, 3.05) is 52.7 Å². The fourth-order valence-corrected chi connectivity index (χ4v) is 4.44. The second-order valence-electron chi connectivity index (χ2n) is 8.33. The fourth-order valence-electron chi connectivity index (χ4n) is 4.28. The van der Waals surface area contributed by atoms with Crippen LogP contribution in [0.25, 0.3) is 0 Å². The van der Waals surface area contributed by atoms with E-state index in [-0.39, 0.29) is 52.9 Å². The second kappa shape index (κ2) is 11.0. The number of aromatic nitrogens is 1. The standard InChI is InChI=1S/C21H30ClN5O6/c1-32-16-10-26(11-17(28)27-7-3-12(4-8-27)21(31)33-2)6-5-15(16)24-19(29)13-9-14(22)18(23)25-20(13)30/h9,12,15-16H,3-8,10-11H2,1-2H3,(H,24,29)(H3,23,25,30)/t15-,16+/m1/s1. The first-order chi connectivity index (χ1) is 15.7. The summed E-state index contributed by atoms with van der Waals surface area (Å²) in [5.74, 6) is -0.945. The highest BCUT2D eigenvalue weighted by Gasteiger charge is 2.34. The predicted molar refractivity (Wildman–Crippen MR) is 121 cm³/mol. The van der Waals surface area contributed by atoms with Gasteiger partial charge in [0.1, 0.15) is 11.4 Å². The van der Waals surface area contributed by atoms with Crippen LogP contribution in [0.3, 0.4) is 0 Å². The number of amides is 2. The molecule has 0 spiro atoms. The number of carbonyl (C=O) groups excluding carboxylic acids is 3. The quantitative estimate of drug-likeness (QED) is 0.473. The Kier molecular flexibility index (Phi) is 8.33. The van der Waals surface area contributed by atoms with Gasteiger partial charge < -0.3 is 30.4 Å². The number of carbonyl (C=O) groups is 3. The molecular formula is C21H30ClN5O6. The third-order valence-electron chi connectivity index (χ3n) is 6.27. The van der Waals surface area contributed by atoms with Crippen LogP contribution in [0.5, 0.6) is 0 Å². The Labute approximate surface area is 196 Å². The Bertz CT molecular complexity index is 946. The molecule has 0 bridgehead atoms. The molecule has 2 amide bonds. The predicted octanol–water partition coefficient (Wildman–Crippen LogP) is -0.159. The van der Waals surface area contributed by atoms with Gasteiger partial charge in [0.2, 0.25) is 5.91 Å². The number of H-pyrrole nitrogens is 1. The number of rotatable bonds is 6. The van der Waals surface area contributed by atoms with E-state index in [1.807, 2.05) is 4.90 Å². The Balaban J connectivity index is 1.53. The molecule has 12 heteroatoms. The van der Waals surface area contributed by atoms with Gasteiger partial charge in [-0.05, 0) is 25.3 Å². The Hall–Kier alpha value is -2.63. The number of nitrogens with two attached hydrogens (primary N) is 1. The topological polar surface area (TPSA) is 147 Å². The molecule has 0 aromatic carbocycles. The van der Waals surface area contributed by atoms with Crippen LogP contribution in [0.15, 0.2) is 10.9 Å². The van der Waals surface area contributed by atoms with Crippen LogP contribution in [0.2, 0.25) is 5.02 Å². The highest BCUT2D eigenvalue weighted by atomic mass is 35.5. The second-order valence-corrected chi connectivity index (χ2v) is 8.74. The summed E-state index contributed by atoms with van der Waals surface area (Å²) in [6.07, 6.45) is 1.38. The van der Waals surface area contributed by atoms with E-state index >= 15 is 0 Å². The highest BCUT2D eigenvalue weighted by Crippen LogP contribution is 2.20. The summed E-state index contributed by atoms with van der Waals surface area (Å²) in [4.78, 5) is 55.2. The van der Waals surface area contributed by atoms with Gasteiger partial charge in [0.25, 0.3) is 11.5 Å². The maximum atomic E-state index is 12.7. The maximum Gasteiger partial charge on any atom is 0.308 e. The Morgan fingerprint density at radius 2 is 1.91 bits per heavy atom. The lowest BCUT2D eigenvalue weighted by Gasteiger charge is -2.39. The van der Waals surface area contributed by atoms with E-state index in [2.05, 4.69) is 10.3 Å². The smallest absolute Gasteiger partial charge is 0.308 e. The van der Waals surface area contributed by atoms with Crippen molar-refractivity contribution in [1.29, 1.82) is 0 Å². The summed E-state index contributed by atoms with van der Waals surface area (Å²) < 4.78 is 10.3. The highest BCUT2D eigenvalue weighted by molar-refractivity contribution is 6.33. The van der Waals surface area contributed by atoms with Crippen molar-refractivity contribution in [3.05, 3.63) is 27.0 Å². The molecule has 2 fully saturated rings. The normalized spacial score (nSPS) is 22.1. The van der Waals surface area contributed by atoms with Crippen molar-refractivity contribution in [2.24, 2.45) is 5.92 Å². The number of methoxy groups -OCH3 is 2. The van der Waals surface area contributed by atoms with E-state index in [0.29, 0.717) is 45.4 Å². The van der Waals surface area contributed by atoms with Crippen LogP contribution >= 0.6 is 11.6 Å². The summed E-state index contributed by atoms with van der Waals surface area (Å²) >= 11 is 5.93. The summed E-state index contributed by atoms with van der Waals surface area (Å²) in [5, 5.41) is 2.92. The molecule has 11 nitrogen and oxygen atoms in total. The van der Waals surface area contributed by atoms with Crippen molar-refractivity contribution < 1.29 is 23.9 Å². The summed E-state index contributed by atoms with van der Waals surface area (Å²) in [6.45, 7) is 2.31. The largest absolute Gasteiger partial charge is 0.469 e. The van der Waals surface area contributed by atoms with E-state index in [9.17, 15) is 19.2 Å². The Morgan fingerprint density at radius 3 is 2.55 bits per heavy atom. The zero-order valence-electron chi connectivity index (χ0n) is 18.8. The average Bonchev–Trinajstić information content (AvgIpc) is 2.81. The molecule has 1 aromatic rings. The lowest BCUT2D eigenvalue weighted by Crippen LogP contribution is -2.57. The lowest BCUT2D eigenvalue weighted by atomic mass is 9.97. The molecule has 2 aliphatic heterocycles. The van der Waals surface area contributed by atoms with Crippen molar-refractivity contribution in [3.8, 4) is 0 Å². The number of hydrogen-bond donors (Lipinski definition) is 3. The van der Waals surface area contributed by atoms with Gasteiger partial charge in [-0.15, -0.1) is 0 Å². The van der Waals surface area contributed by atoms with Gasteiger partial charge in [0, 0.05) is 33.3 Å². The number of likely N-dealkylation sites (tertiary alicyclic amines) is 2. The number of anilines is 1. The van der Waals surface area contributed by atoms with E-state index in [1.54, 1.807) is 12.0 Å². The van der Waals surface area contributed by atoms with Crippen LogP contribution in [0.4, 0.5) is 5.82 Å². The van der Waals surface area contributed by atoms with Gasteiger partial charge in [-0.2, -0.15) is 0 Å². The van der Waals surface area contributed by atoms with Gasteiger partial charge >= 0.3 is 5.97 Å². The van der Waals surface area contributed by atoms with Crippen LogP contribution in [0, 0.1) is 5.92 Å². The van der Waals surface area contributed by atoms with Gasteiger partial charge in [0.05, 0.1) is 36.7 Å². The maximum absolute atomic E-state index is 12.7. The molecule has 3 heterocycles. The number of ether oxygens (including phenoxy) is 2. The molecule has 4 N–H and O–H groups in total. The monoisotopic (exact) mass is 483 g/mol. The van der Waals surface area contributed by atoms with Gasteiger partial charge in [-0.25, -0.2) is 0 Å². The first kappa shape index (κ1) is 25.0. The molecule has 2 saturated heterocycles. The van der Waals surface area contributed by atoms with E-state index in [0.717, 1.165) is 0 Å². The SMILES string of the molecule is COC(=O)C1CCN(C(=O)CN2CC[C@@H](NC(=O)c3cc(Cl)c(N)[nH]c3=O)[C@@H](OC)C2)CC1. The van der Waals surface area contributed by atoms with Crippen molar-refractivity contribution in [1.82, 2.24) is 20.1 Å². The summed E-state index contributed by atoms with van der Waals surface area (Å²) in [7, 11) is 2.92. The van der Waals surface area contributed by atoms with Gasteiger partial charge in [-0.3, -0.25) is 24.1 Å². The number of nitrogens with one attached hydrogen (secondary N) is 2. The number of aromatic amines is 1. The summed E-state index contributed by atoms with van der Waals surface area (Å²) in [6, 6.07) is 0.907. The molecule has 2 aliphatic rings. The third-order valence-corrected chi connectivity index (χ3v) is 6.58. The van der Waals surface area contributed by atoms with Gasteiger partial charge in [0.15, 0.2) is 0 Å². The van der Waals surface area contributed by atoms with E-state index in [4.69, 9.17) is 26.8 Å². The molecule has 2 atom stereocenters. The first-order valence-electron chi connectivity index (χ1n) is 10.8. The number of nitrogen functional groups attached to an aromatic ring is 1. The molecule has 33 heavy (non-hydrogen) atoms. The number of pyridine rings is 1. The van der Waals surface area contributed by atoms with E-state index in [1.165, 1.54) is 13.2 Å². The van der Waals surface area contributed by atoms with Crippen molar-refractivity contribution >= 4 is 35.2 Å². The Morgan fingerprint density at radius 1 is 1.21 bits per heavy atom. The minimum absolute atomic E-state index is 0.000447. The minimum atomic E-state index is -0.623. The van der Waals surface area contributed by atoms with Crippen LogP contribution in [0.1, 0.15) is 29.6 Å². The van der Waals surface area contributed by atoms with Gasteiger partial charge in [-0.1, -0.05) is 11.6 Å². The molecule has 0 unspecified atom stereocenters. The number of esters is 1. The molecule has 0 radical (unpaired) electrons. The van der Waals surface area contributed by atoms with Crippen molar-refractivity contribution in [2.45, 2.75) is 31.4 Å². The molecular weight excluding hydrogens is 454 g/mol. The van der Waals surface area contributed by atoms with Crippen LogP contribution in [-0.4, -0.2) is 91.7 Å². The fraction of sp³-hybridized carbons (Fsp3) is 0.619. The number of nitrogens with zero attached hydrogens (tertiary/aromatic N) is 2. The molecule has 182 valence electrons. The zero-order chi connectivity index (χ0) is 24.1. The first-order valence-corrected chi connectivity index (χ1v) is 11.2. The minimum Gasteiger partial charge on any atom is -0.469 e. The van der Waals surface area contributed by atoms with Crippen LogP contribution in [-0.2, 0) is 19.1 Å².